The molecule has 2 aliphatic rings. The van der Waals surface area contributed by atoms with Crippen LogP contribution in [0.3, 0.4) is 0 Å². The molecule has 0 aliphatic carbocycles. The molecule has 1 aromatic heterocycles. The summed E-state index contributed by atoms with van der Waals surface area (Å²) in [5, 5.41) is 0. The minimum atomic E-state index is 0.110. The lowest BCUT2D eigenvalue weighted by Crippen LogP contribution is -2.36. The fraction of sp³-hybridized carbons (Fsp3) is 0.571. The van der Waals surface area contributed by atoms with E-state index in [1.807, 2.05) is 17.0 Å². The number of morpholine rings is 1. The molecule has 2 fully saturated rings. The molecule has 0 aromatic carbocycles. The third kappa shape index (κ3) is 2.71. The van der Waals surface area contributed by atoms with E-state index >= 15 is 0 Å². The molecule has 3 rings (SSSR count). The van der Waals surface area contributed by atoms with Gasteiger partial charge in [-0.1, -0.05) is 0 Å². The van der Waals surface area contributed by atoms with Crippen molar-refractivity contribution in [2.75, 3.05) is 44.3 Å². The van der Waals surface area contributed by atoms with Crippen LogP contribution >= 0.6 is 0 Å². The maximum Gasteiger partial charge on any atom is 0.255 e. The van der Waals surface area contributed by atoms with Gasteiger partial charge in [0.25, 0.3) is 5.91 Å². The number of rotatable bonds is 2. The Bertz CT molecular complexity index is 435. The van der Waals surface area contributed by atoms with Crippen LogP contribution < -0.4 is 4.90 Å². The van der Waals surface area contributed by atoms with Gasteiger partial charge in [0.15, 0.2) is 0 Å². The molecule has 1 aromatic rings. The predicted octanol–water partition coefficient (Wildman–Crippen LogP) is 1.15. The SMILES string of the molecule is O=C(c1ccc(N2CCOCC2)nc1)N1CCCC1. The number of anilines is 1. The molecule has 0 saturated carbocycles. The van der Waals surface area contributed by atoms with Crippen LogP contribution in [0.15, 0.2) is 18.3 Å². The van der Waals surface area contributed by atoms with Crippen LogP contribution in [0.2, 0.25) is 0 Å². The maximum absolute atomic E-state index is 12.2. The Morgan fingerprint density at radius 1 is 1.11 bits per heavy atom. The predicted molar refractivity (Wildman–Crippen MR) is 72.4 cm³/mol. The molecule has 0 spiro atoms. The summed E-state index contributed by atoms with van der Waals surface area (Å²) >= 11 is 0. The third-order valence-corrected chi connectivity index (χ3v) is 3.72. The number of hydrogen-bond acceptors (Lipinski definition) is 4. The van der Waals surface area contributed by atoms with E-state index in [4.69, 9.17) is 4.74 Å². The Hall–Kier alpha value is -1.62. The van der Waals surface area contributed by atoms with E-state index in [1.54, 1.807) is 6.20 Å². The van der Waals surface area contributed by atoms with Gasteiger partial charge in [0.2, 0.25) is 0 Å². The normalized spacial score (nSPS) is 19.8. The number of aromatic nitrogens is 1. The lowest BCUT2D eigenvalue weighted by atomic mass is 10.2. The summed E-state index contributed by atoms with van der Waals surface area (Å²) < 4.78 is 5.32. The van der Waals surface area contributed by atoms with Crippen molar-refractivity contribution in [3.63, 3.8) is 0 Å². The average Bonchev–Trinajstić information content (AvgIpc) is 3.02. The second-order valence-electron chi connectivity index (χ2n) is 5.00. The Labute approximate surface area is 113 Å². The monoisotopic (exact) mass is 261 g/mol. The number of likely N-dealkylation sites (tertiary alicyclic amines) is 1. The zero-order valence-corrected chi connectivity index (χ0v) is 11.0. The van der Waals surface area contributed by atoms with Crippen LogP contribution in [0.1, 0.15) is 23.2 Å². The third-order valence-electron chi connectivity index (χ3n) is 3.72. The average molecular weight is 261 g/mol. The first kappa shape index (κ1) is 12.4. The summed E-state index contributed by atoms with van der Waals surface area (Å²) in [6, 6.07) is 3.83. The molecule has 2 saturated heterocycles. The van der Waals surface area contributed by atoms with E-state index < -0.39 is 0 Å². The summed E-state index contributed by atoms with van der Waals surface area (Å²) in [7, 11) is 0. The van der Waals surface area contributed by atoms with Gasteiger partial charge < -0.3 is 14.5 Å². The van der Waals surface area contributed by atoms with Gasteiger partial charge in [-0.15, -0.1) is 0 Å². The van der Waals surface area contributed by atoms with E-state index in [-0.39, 0.29) is 5.91 Å². The molecule has 5 nitrogen and oxygen atoms in total. The second kappa shape index (κ2) is 5.57. The molecule has 5 heteroatoms. The molecular formula is C14H19N3O2. The standard InChI is InChI=1S/C14H19N3O2/c18-14(17-5-1-2-6-17)12-3-4-13(15-11-12)16-7-9-19-10-8-16/h3-4,11H,1-2,5-10H2. The number of pyridine rings is 1. The Balaban J connectivity index is 1.69. The molecule has 3 heterocycles. The first-order valence-corrected chi connectivity index (χ1v) is 6.92. The van der Waals surface area contributed by atoms with Gasteiger partial charge in [-0.25, -0.2) is 4.98 Å². The van der Waals surface area contributed by atoms with Gasteiger partial charge in [-0.3, -0.25) is 4.79 Å². The van der Waals surface area contributed by atoms with Crippen LogP contribution in [-0.4, -0.2) is 55.2 Å². The number of ether oxygens (including phenoxy) is 1. The highest BCUT2D eigenvalue weighted by Gasteiger charge is 2.20. The fourth-order valence-corrected chi connectivity index (χ4v) is 2.59. The largest absolute Gasteiger partial charge is 0.378 e. The lowest BCUT2D eigenvalue weighted by molar-refractivity contribution is 0.0792. The number of hydrogen-bond donors (Lipinski definition) is 0. The summed E-state index contributed by atoms with van der Waals surface area (Å²) in [5.41, 5.74) is 0.693. The smallest absolute Gasteiger partial charge is 0.255 e. The van der Waals surface area contributed by atoms with Gasteiger partial charge in [0.1, 0.15) is 5.82 Å². The summed E-state index contributed by atoms with van der Waals surface area (Å²) in [6.45, 7) is 4.99. The first-order valence-electron chi connectivity index (χ1n) is 6.92. The second-order valence-corrected chi connectivity index (χ2v) is 5.00. The van der Waals surface area contributed by atoms with Gasteiger partial charge in [0.05, 0.1) is 18.8 Å². The zero-order chi connectivity index (χ0) is 13.1. The van der Waals surface area contributed by atoms with Crippen molar-refractivity contribution >= 4 is 11.7 Å². The maximum atomic E-state index is 12.2. The molecule has 2 aliphatic heterocycles. The summed E-state index contributed by atoms with van der Waals surface area (Å²) in [6.07, 6.45) is 3.93. The van der Waals surface area contributed by atoms with Crippen molar-refractivity contribution < 1.29 is 9.53 Å². The van der Waals surface area contributed by atoms with E-state index in [1.165, 1.54) is 0 Å². The van der Waals surface area contributed by atoms with Gasteiger partial charge in [0, 0.05) is 32.4 Å². The van der Waals surface area contributed by atoms with E-state index in [9.17, 15) is 4.79 Å². The molecular weight excluding hydrogens is 242 g/mol. The lowest BCUT2D eigenvalue weighted by Gasteiger charge is -2.27. The van der Waals surface area contributed by atoms with Gasteiger partial charge >= 0.3 is 0 Å². The molecule has 0 atom stereocenters. The Morgan fingerprint density at radius 2 is 1.84 bits per heavy atom. The summed E-state index contributed by atoms with van der Waals surface area (Å²) in [5.74, 6) is 1.04. The number of carbonyl (C=O) groups is 1. The highest BCUT2D eigenvalue weighted by Crippen LogP contribution is 2.16. The minimum absolute atomic E-state index is 0.110. The summed E-state index contributed by atoms with van der Waals surface area (Å²) in [4.78, 5) is 20.7. The topological polar surface area (TPSA) is 45.7 Å². The van der Waals surface area contributed by atoms with Crippen LogP contribution in [0.4, 0.5) is 5.82 Å². The zero-order valence-electron chi connectivity index (χ0n) is 11.0. The number of amides is 1. The van der Waals surface area contributed by atoms with E-state index in [0.29, 0.717) is 5.56 Å². The van der Waals surface area contributed by atoms with E-state index in [2.05, 4.69) is 9.88 Å². The van der Waals surface area contributed by atoms with Crippen molar-refractivity contribution in [2.24, 2.45) is 0 Å². The highest BCUT2D eigenvalue weighted by atomic mass is 16.5. The molecule has 1 amide bonds. The number of nitrogens with zero attached hydrogens (tertiary/aromatic N) is 3. The van der Waals surface area contributed by atoms with Crippen molar-refractivity contribution in [3.8, 4) is 0 Å². The van der Waals surface area contributed by atoms with Crippen molar-refractivity contribution in [3.05, 3.63) is 23.9 Å². The van der Waals surface area contributed by atoms with Crippen LogP contribution in [-0.2, 0) is 4.74 Å². The van der Waals surface area contributed by atoms with Gasteiger partial charge in [-0.05, 0) is 25.0 Å². The quantitative estimate of drug-likeness (QED) is 0.801. The molecule has 102 valence electrons. The number of carbonyl (C=O) groups excluding carboxylic acids is 1. The molecule has 19 heavy (non-hydrogen) atoms. The van der Waals surface area contributed by atoms with Crippen LogP contribution in [0.25, 0.3) is 0 Å². The molecule has 0 unspecified atom stereocenters. The van der Waals surface area contributed by atoms with Crippen molar-refractivity contribution in [2.45, 2.75) is 12.8 Å². The minimum Gasteiger partial charge on any atom is -0.378 e. The van der Waals surface area contributed by atoms with Crippen LogP contribution in [0, 0.1) is 0 Å². The molecule has 0 bridgehead atoms. The Kier molecular flexibility index (Phi) is 3.64. The van der Waals surface area contributed by atoms with E-state index in [0.717, 1.165) is 58.1 Å². The van der Waals surface area contributed by atoms with Crippen molar-refractivity contribution in [1.29, 1.82) is 0 Å². The molecule has 0 radical (unpaired) electrons. The fourth-order valence-electron chi connectivity index (χ4n) is 2.59. The highest BCUT2D eigenvalue weighted by molar-refractivity contribution is 5.94. The van der Waals surface area contributed by atoms with Crippen molar-refractivity contribution in [1.82, 2.24) is 9.88 Å². The Morgan fingerprint density at radius 3 is 2.47 bits per heavy atom. The first-order chi connectivity index (χ1) is 9.34. The molecule has 0 N–H and O–H groups in total. The van der Waals surface area contributed by atoms with Crippen LogP contribution in [0.5, 0.6) is 0 Å². The van der Waals surface area contributed by atoms with Gasteiger partial charge in [-0.2, -0.15) is 0 Å².